The molecule has 2 aliphatic heterocycles. The molecule has 2 aromatic carbocycles. The van der Waals surface area contributed by atoms with Crippen molar-refractivity contribution in [2.24, 2.45) is 0 Å². The van der Waals surface area contributed by atoms with Gasteiger partial charge in [0.25, 0.3) is 0 Å². The van der Waals surface area contributed by atoms with Crippen LogP contribution in [0.15, 0.2) is 18.2 Å². The Hall–Kier alpha value is -2.40. The molecule has 2 N–H and O–H groups in total. The minimum Gasteiger partial charge on any atom is -0.504 e. The monoisotopic (exact) mass is 311 g/mol. The summed E-state index contributed by atoms with van der Waals surface area (Å²) < 4.78 is 16.7. The van der Waals surface area contributed by atoms with Crippen LogP contribution >= 0.6 is 0 Å². The molecule has 0 fully saturated rings. The molecule has 0 aromatic heterocycles. The minimum absolute atomic E-state index is 0.184. The lowest BCUT2D eigenvalue weighted by atomic mass is 9.74. The van der Waals surface area contributed by atoms with Gasteiger partial charge in [-0.05, 0) is 46.9 Å². The average molecular weight is 311 g/mol. The van der Waals surface area contributed by atoms with Crippen LogP contribution < -0.4 is 19.5 Å². The van der Waals surface area contributed by atoms with Gasteiger partial charge >= 0.3 is 0 Å². The summed E-state index contributed by atoms with van der Waals surface area (Å²) in [4.78, 5) is 0. The standard InChI is InChI=1S/C18H17NO4/c1-21-14-5-12-9(3-13(14)20)2-10-6-19-7-11-4-15-18(23-8-22-15)17(12)16(10)11/h3-5,10,19-20H,2,6-8H2,1H3. The summed E-state index contributed by atoms with van der Waals surface area (Å²) in [6, 6.07) is 5.84. The molecule has 5 rings (SSSR count). The Morgan fingerprint density at radius 1 is 1.22 bits per heavy atom. The van der Waals surface area contributed by atoms with Crippen LogP contribution in [0.1, 0.15) is 22.6 Å². The predicted octanol–water partition coefficient (Wildman–Crippen LogP) is 2.54. The number of phenolic OH excluding ortho intramolecular Hbond substituents is 1. The number of aromatic hydroxyl groups is 1. The van der Waals surface area contributed by atoms with Crippen LogP contribution in [0.3, 0.4) is 0 Å². The van der Waals surface area contributed by atoms with E-state index in [1.807, 2.05) is 12.1 Å². The zero-order valence-corrected chi connectivity index (χ0v) is 12.8. The van der Waals surface area contributed by atoms with Gasteiger partial charge in [0.2, 0.25) is 6.79 Å². The molecule has 3 aliphatic rings. The fraction of sp³-hybridized carbons (Fsp3) is 0.333. The van der Waals surface area contributed by atoms with Crippen molar-refractivity contribution in [1.82, 2.24) is 5.32 Å². The van der Waals surface area contributed by atoms with Crippen LogP contribution in [-0.4, -0.2) is 25.6 Å². The normalized spacial score (nSPS) is 20.0. The van der Waals surface area contributed by atoms with E-state index in [1.54, 1.807) is 7.11 Å². The van der Waals surface area contributed by atoms with Crippen LogP contribution in [-0.2, 0) is 13.0 Å². The molecule has 0 spiro atoms. The Morgan fingerprint density at radius 2 is 2.13 bits per heavy atom. The lowest BCUT2D eigenvalue weighted by Crippen LogP contribution is -2.31. The van der Waals surface area contributed by atoms with Crippen LogP contribution in [0.5, 0.6) is 23.0 Å². The quantitative estimate of drug-likeness (QED) is 0.847. The summed E-state index contributed by atoms with van der Waals surface area (Å²) in [5.41, 5.74) is 5.95. The number of methoxy groups -OCH3 is 1. The molecule has 1 aliphatic carbocycles. The number of phenols is 1. The van der Waals surface area contributed by atoms with Crippen LogP contribution in [0.25, 0.3) is 11.1 Å². The van der Waals surface area contributed by atoms with Gasteiger partial charge in [0.05, 0.1) is 7.11 Å². The van der Waals surface area contributed by atoms with Gasteiger partial charge in [-0.3, -0.25) is 0 Å². The van der Waals surface area contributed by atoms with Gasteiger partial charge in [0.15, 0.2) is 23.0 Å². The Kier molecular flexibility index (Phi) is 2.59. The number of fused-ring (bicyclic) bond motifs is 4. The molecule has 0 saturated heterocycles. The van der Waals surface area contributed by atoms with E-state index in [4.69, 9.17) is 14.2 Å². The highest BCUT2D eigenvalue weighted by Gasteiger charge is 2.36. The molecule has 1 unspecified atom stereocenters. The third-order valence-electron chi connectivity index (χ3n) is 5.04. The Balaban J connectivity index is 1.85. The van der Waals surface area contributed by atoms with E-state index in [0.29, 0.717) is 11.7 Å². The maximum Gasteiger partial charge on any atom is 0.231 e. The number of hydrogen-bond acceptors (Lipinski definition) is 5. The fourth-order valence-electron chi connectivity index (χ4n) is 4.09. The molecule has 23 heavy (non-hydrogen) atoms. The SMILES string of the molecule is COc1cc2c(cc1O)CC1CNCc3cc4c(c-2c31)OCO4. The van der Waals surface area contributed by atoms with Gasteiger partial charge < -0.3 is 24.6 Å². The molecule has 1 atom stereocenters. The first-order valence-corrected chi connectivity index (χ1v) is 7.82. The molecule has 0 amide bonds. The molecule has 5 heteroatoms. The van der Waals surface area contributed by atoms with Gasteiger partial charge in [0, 0.05) is 24.6 Å². The van der Waals surface area contributed by atoms with Gasteiger partial charge in [-0.1, -0.05) is 0 Å². The lowest BCUT2D eigenvalue weighted by Gasteiger charge is -2.34. The van der Waals surface area contributed by atoms with Crippen molar-refractivity contribution < 1.29 is 19.3 Å². The second kappa shape index (κ2) is 4.55. The molecule has 0 bridgehead atoms. The third-order valence-corrected chi connectivity index (χ3v) is 5.04. The van der Waals surface area contributed by atoms with Crippen molar-refractivity contribution in [2.45, 2.75) is 18.9 Å². The number of ether oxygens (including phenoxy) is 3. The molecule has 2 heterocycles. The van der Waals surface area contributed by atoms with E-state index in [0.717, 1.165) is 47.7 Å². The largest absolute Gasteiger partial charge is 0.504 e. The summed E-state index contributed by atoms with van der Waals surface area (Å²) in [6.45, 7) is 2.04. The van der Waals surface area contributed by atoms with Crippen LogP contribution in [0, 0.1) is 0 Å². The molecule has 5 nitrogen and oxygen atoms in total. The predicted molar refractivity (Wildman–Crippen MR) is 84.4 cm³/mol. The zero-order chi connectivity index (χ0) is 15.6. The Morgan fingerprint density at radius 3 is 3.00 bits per heavy atom. The van der Waals surface area contributed by atoms with Crippen LogP contribution in [0.2, 0.25) is 0 Å². The molecular weight excluding hydrogens is 294 g/mol. The smallest absolute Gasteiger partial charge is 0.231 e. The van der Waals surface area contributed by atoms with Crippen molar-refractivity contribution in [1.29, 1.82) is 0 Å². The second-order valence-corrected chi connectivity index (χ2v) is 6.27. The summed E-state index contributed by atoms with van der Waals surface area (Å²) in [5.74, 6) is 2.69. The maximum atomic E-state index is 10.1. The summed E-state index contributed by atoms with van der Waals surface area (Å²) in [6.07, 6.45) is 0.902. The zero-order valence-electron chi connectivity index (χ0n) is 12.8. The minimum atomic E-state index is 0.184. The second-order valence-electron chi connectivity index (χ2n) is 6.27. The highest BCUT2D eigenvalue weighted by molar-refractivity contribution is 5.85. The molecule has 0 saturated carbocycles. The number of benzene rings is 2. The summed E-state index contributed by atoms with van der Waals surface area (Å²) in [7, 11) is 1.57. The maximum absolute atomic E-state index is 10.1. The number of hydrogen-bond donors (Lipinski definition) is 2. The highest BCUT2D eigenvalue weighted by Crippen LogP contribution is 2.53. The molecule has 118 valence electrons. The number of nitrogens with one attached hydrogen (secondary N) is 1. The van der Waals surface area contributed by atoms with E-state index in [-0.39, 0.29) is 12.5 Å². The van der Waals surface area contributed by atoms with Crippen molar-refractivity contribution >= 4 is 0 Å². The molecular formula is C18H17NO4. The van der Waals surface area contributed by atoms with E-state index in [2.05, 4.69) is 11.4 Å². The topological polar surface area (TPSA) is 60.0 Å². The molecule has 2 aromatic rings. The van der Waals surface area contributed by atoms with Gasteiger partial charge in [0.1, 0.15) is 0 Å². The first-order valence-electron chi connectivity index (χ1n) is 7.82. The number of rotatable bonds is 1. The first-order chi connectivity index (χ1) is 11.3. The van der Waals surface area contributed by atoms with E-state index in [1.165, 1.54) is 11.1 Å². The van der Waals surface area contributed by atoms with E-state index < -0.39 is 0 Å². The van der Waals surface area contributed by atoms with E-state index in [9.17, 15) is 5.11 Å². The highest BCUT2D eigenvalue weighted by atomic mass is 16.7. The average Bonchev–Trinajstić information content (AvgIpc) is 3.02. The molecule has 0 radical (unpaired) electrons. The third kappa shape index (κ3) is 1.71. The van der Waals surface area contributed by atoms with Crippen molar-refractivity contribution in [3.8, 4) is 34.1 Å². The van der Waals surface area contributed by atoms with Gasteiger partial charge in [-0.2, -0.15) is 0 Å². The summed E-state index contributed by atoms with van der Waals surface area (Å²) >= 11 is 0. The first kappa shape index (κ1) is 13.1. The fourth-order valence-corrected chi connectivity index (χ4v) is 4.09. The van der Waals surface area contributed by atoms with Crippen LogP contribution in [0.4, 0.5) is 0 Å². The van der Waals surface area contributed by atoms with Crippen molar-refractivity contribution in [2.75, 3.05) is 20.4 Å². The van der Waals surface area contributed by atoms with E-state index >= 15 is 0 Å². The Bertz CT molecular complexity index is 831. The summed E-state index contributed by atoms with van der Waals surface area (Å²) in [5, 5.41) is 13.6. The van der Waals surface area contributed by atoms with Gasteiger partial charge in [-0.15, -0.1) is 0 Å². The Labute approximate surface area is 133 Å². The van der Waals surface area contributed by atoms with Crippen molar-refractivity contribution in [3.05, 3.63) is 34.9 Å². The van der Waals surface area contributed by atoms with Crippen molar-refractivity contribution in [3.63, 3.8) is 0 Å². The lowest BCUT2D eigenvalue weighted by molar-refractivity contribution is 0.174. The van der Waals surface area contributed by atoms with Gasteiger partial charge in [-0.25, -0.2) is 0 Å².